The van der Waals surface area contributed by atoms with E-state index in [2.05, 4.69) is 47.7 Å². The second kappa shape index (κ2) is 6.85. The van der Waals surface area contributed by atoms with Crippen molar-refractivity contribution in [2.75, 3.05) is 11.9 Å². The van der Waals surface area contributed by atoms with E-state index in [4.69, 9.17) is 4.42 Å². The summed E-state index contributed by atoms with van der Waals surface area (Å²) in [4.78, 5) is 2.63. The number of hydrogen-bond donors (Lipinski definition) is 2. The van der Waals surface area contributed by atoms with Crippen LogP contribution < -0.4 is 10.6 Å². The summed E-state index contributed by atoms with van der Waals surface area (Å²) in [6.07, 6.45) is 1.08. The third kappa shape index (κ3) is 3.80. The molecule has 2 N–H and O–H groups in total. The minimum atomic E-state index is 0.0872. The lowest BCUT2D eigenvalue weighted by Gasteiger charge is -2.07. The van der Waals surface area contributed by atoms with Gasteiger partial charge >= 0.3 is 6.01 Å². The summed E-state index contributed by atoms with van der Waals surface area (Å²) in [5.74, 6) is 0.625. The lowest BCUT2D eigenvalue weighted by atomic mass is 10.3. The molecule has 0 fully saturated rings. The molecule has 0 bridgehead atoms. The van der Waals surface area contributed by atoms with Gasteiger partial charge in [0, 0.05) is 9.75 Å². The quantitative estimate of drug-likeness (QED) is 0.819. The molecule has 2 rings (SSSR count). The number of thiophene rings is 1. The zero-order chi connectivity index (χ0) is 14.5. The topological polar surface area (TPSA) is 63.0 Å². The Morgan fingerprint density at radius 3 is 2.80 bits per heavy atom. The van der Waals surface area contributed by atoms with E-state index in [1.165, 1.54) is 15.3 Å². The van der Waals surface area contributed by atoms with Gasteiger partial charge < -0.3 is 15.1 Å². The van der Waals surface area contributed by atoms with Gasteiger partial charge in [0.15, 0.2) is 0 Å². The molecule has 6 heteroatoms. The molecule has 0 aliphatic heterocycles. The van der Waals surface area contributed by atoms with Crippen LogP contribution in [0.2, 0.25) is 0 Å². The highest BCUT2D eigenvalue weighted by atomic mass is 32.1. The van der Waals surface area contributed by atoms with Crippen molar-refractivity contribution in [3.63, 3.8) is 0 Å². The van der Waals surface area contributed by atoms with E-state index in [1.54, 1.807) is 11.3 Å². The van der Waals surface area contributed by atoms with Crippen molar-refractivity contribution >= 4 is 17.4 Å². The van der Waals surface area contributed by atoms with Crippen LogP contribution in [-0.2, 0) is 6.54 Å². The molecular formula is C14H22N4OS. The summed E-state index contributed by atoms with van der Waals surface area (Å²) in [6, 6.07) is 2.76. The SMILES string of the molecule is CCCNC(C)c1nnc(NCc2cc(C)c(C)s2)o1. The van der Waals surface area contributed by atoms with Crippen LogP contribution in [0.4, 0.5) is 6.01 Å². The molecular weight excluding hydrogens is 272 g/mol. The minimum Gasteiger partial charge on any atom is -0.406 e. The van der Waals surface area contributed by atoms with Crippen LogP contribution >= 0.6 is 11.3 Å². The molecule has 5 nitrogen and oxygen atoms in total. The molecule has 2 aromatic heterocycles. The monoisotopic (exact) mass is 294 g/mol. The van der Waals surface area contributed by atoms with Gasteiger partial charge in [-0.05, 0) is 45.4 Å². The van der Waals surface area contributed by atoms with Crippen molar-refractivity contribution < 1.29 is 4.42 Å². The fraction of sp³-hybridized carbons (Fsp3) is 0.571. The lowest BCUT2D eigenvalue weighted by molar-refractivity contribution is 0.423. The Labute approximate surface area is 123 Å². The van der Waals surface area contributed by atoms with Crippen LogP contribution in [0.1, 0.15) is 47.5 Å². The zero-order valence-electron chi connectivity index (χ0n) is 12.5. The predicted molar refractivity (Wildman–Crippen MR) is 82.1 cm³/mol. The largest absolute Gasteiger partial charge is 0.406 e. The highest BCUT2D eigenvalue weighted by molar-refractivity contribution is 7.12. The van der Waals surface area contributed by atoms with Crippen molar-refractivity contribution in [3.05, 3.63) is 27.3 Å². The molecule has 2 heterocycles. The number of nitrogens with zero attached hydrogens (tertiary/aromatic N) is 2. The molecule has 0 aromatic carbocycles. The summed E-state index contributed by atoms with van der Waals surface area (Å²) in [5, 5.41) is 14.6. The highest BCUT2D eigenvalue weighted by Crippen LogP contribution is 2.21. The van der Waals surface area contributed by atoms with Gasteiger partial charge in [-0.2, -0.15) is 0 Å². The molecule has 20 heavy (non-hydrogen) atoms. The first kappa shape index (κ1) is 15.0. The van der Waals surface area contributed by atoms with Crippen LogP contribution in [0.25, 0.3) is 0 Å². The average molecular weight is 294 g/mol. The Bertz CT molecular complexity index is 530. The van der Waals surface area contributed by atoms with Crippen molar-refractivity contribution in [3.8, 4) is 0 Å². The molecule has 2 aromatic rings. The molecule has 0 radical (unpaired) electrons. The van der Waals surface area contributed by atoms with E-state index in [-0.39, 0.29) is 6.04 Å². The fourth-order valence-electron chi connectivity index (χ4n) is 1.83. The van der Waals surface area contributed by atoms with Crippen LogP contribution in [0.15, 0.2) is 10.5 Å². The number of aromatic nitrogens is 2. The van der Waals surface area contributed by atoms with Crippen molar-refractivity contribution in [1.29, 1.82) is 0 Å². The summed E-state index contributed by atoms with van der Waals surface area (Å²) in [5.41, 5.74) is 1.33. The van der Waals surface area contributed by atoms with Gasteiger partial charge in [-0.3, -0.25) is 0 Å². The van der Waals surface area contributed by atoms with Gasteiger partial charge in [0.2, 0.25) is 5.89 Å². The first-order valence-electron chi connectivity index (χ1n) is 6.96. The van der Waals surface area contributed by atoms with Crippen molar-refractivity contribution in [2.45, 2.75) is 46.7 Å². The van der Waals surface area contributed by atoms with E-state index in [9.17, 15) is 0 Å². The van der Waals surface area contributed by atoms with Crippen molar-refractivity contribution in [2.24, 2.45) is 0 Å². The maximum atomic E-state index is 5.61. The smallest absolute Gasteiger partial charge is 0.315 e. The Balaban J connectivity index is 1.89. The Morgan fingerprint density at radius 2 is 2.15 bits per heavy atom. The summed E-state index contributed by atoms with van der Waals surface area (Å²) in [7, 11) is 0. The number of rotatable bonds is 7. The first-order chi connectivity index (χ1) is 9.60. The van der Waals surface area contributed by atoms with Crippen LogP contribution in [0.3, 0.4) is 0 Å². The molecule has 0 aliphatic carbocycles. The van der Waals surface area contributed by atoms with Gasteiger partial charge in [-0.25, -0.2) is 0 Å². The van der Waals surface area contributed by atoms with Crippen LogP contribution in [-0.4, -0.2) is 16.7 Å². The van der Waals surface area contributed by atoms with Gasteiger partial charge in [0.1, 0.15) is 0 Å². The second-order valence-electron chi connectivity index (χ2n) is 4.93. The maximum Gasteiger partial charge on any atom is 0.315 e. The Kier molecular flexibility index (Phi) is 5.14. The maximum absolute atomic E-state index is 5.61. The van der Waals surface area contributed by atoms with E-state index < -0.39 is 0 Å². The third-order valence-electron chi connectivity index (χ3n) is 3.14. The predicted octanol–water partition coefficient (Wildman–Crippen LogP) is 3.42. The summed E-state index contributed by atoms with van der Waals surface area (Å²) < 4.78 is 5.61. The number of nitrogens with one attached hydrogen (secondary N) is 2. The normalized spacial score (nSPS) is 12.6. The lowest BCUT2D eigenvalue weighted by Crippen LogP contribution is -2.19. The third-order valence-corrected chi connectivity index (χ3v) is 4.29. The molecule has 0 amide bonds. The molecule has 110 valence electrons. The van der Waals surface area contributed by atoms with Gasteiger partial charge in [-0.15, -0.1) is 16.4 Å². The minimum absolute atomic E-state index is 0.0872. The zero-order valence-corrected chi connectivity index (χ0v) is 13.3. The average Bonchev–Trinajstić information content (AvgIpc) is 3.01. The number of aryl methyl sites for hydroxylation is 2. The van der Waals surface area contributed by atoms with Gasteiger partial charge in [0.25, 0.3) is 0 Å². The molecule has 0 saturated carbocycles. The highest BCUT2D eigenvalue weighted by Gasteiger charge is 2.13. The summed E-state index contributed by atoms with van der Waals surface area (Å²) in [6.45, 7) is 10.1. The second-order valence-corrected chi connectivity index (χ2v) is 6.27. The molecule has 0 aliphatic rings. The Hall–Kier alpha value is -1.40. The van der Waals surface area contributed by atoms with Gasteiger partial charge in [-0.1, -0.05) is 12.0 Å². The standard InChI is InChI=1S/C14H22N4OS/c1-5-6-15-10(3)13-17-18-14(19-13)16-8-12-7-9(2)11(4)20-12/h7,10,15H,5-6,8H2,1-4H3,(H,16,18). The van der Waals surface area contributed by atoms with Crippen molar-refractivity contribution in [1.82, 2.24) is 15.5 Å². The number of hydrogen-bond acceptors (Lipinski definition) is 6. The van der Waals surface area contributed by atoms with E-state index in [0.29, 0.717) is 11.9 Å². The molecule has 0 spiro atoms. The van der Waals surface area contributed by atoms with Crippen LogP contribution in [0.5, 0.6) is 0 Å². The summed E-state index contributed by atoms with van der Waals surface area (Å²) >= 11 is 1.79. The fourth-order valence-corrected chi connectivity index (χ4v) is 2.82. The Morgan fingerprint density at radius 1 is 1.35 bits per heavy atom. The van der Waals surface area contributed by atoms with E-state index >= 15 is 0 Å². The molecule has 1 atom stereocenters. The van der Waals surface area contributed by atoms with Gasteiger partial charge in [0.05, 0.1) is 12.6 Å². The molecule has 1 unspecified atom stereocenters. The van der Waals surface area contributed by atoms with E-state index in [1.807, 2.05) is 6.92 Å². The number of anilines is 1. The van der Waals surface area contributed by atoms with Crippen LogP contribution in [0, 0.1) is 13.8 Å². The first-order valence-corrected chi connectivity index (χ1v) is 7.78. The molecule has 0 saturated heterocycles. The van der Waals surface area contributed by atoms with E-state index in [0.717, 1.165) is 19.5 Å².